The SMILES string of the molecule is C=C(Nc1ccc(C2=CC(C(C)(F)F)=CC2)c(F)c1)c1c(F)ccc(F)c1F. The Bertz CT molecular complexity index is 1010. The van der Waals surface area contributed by atoms with Gasteiger partial charge in [-0.05, 0) is 48.4 Å². The van der Waals surface area contributed by atoms with Gasteiger partial charge in [0.2, 0.25) is 0 Å². The molecule has 2 aromatic carbocycles. The molecule has 0 heterocycles. The second-order valence-electron chi connectivity index (χ2n) is 6.44. The van der Waals surface area contributed by atoms with Crippen molar-refractivity contribution in [1.82, 2.24) is 0 Å². The predicted octanol–water partition coefficient (Wildman–Crippen LogP) is 6.69. The molecule has 1 N–H and O–H groups in total. The van der Waals surface area contributed by atoms with E-state index in [1.165, 1.54) is 24.3 Å². The monoisotopic (exact) mass is 395 g/mol. The molecule has 0 unspecified atom stereocenters. The second-order valence-corrected chi connectivity index (χ2v) is 6.44. The summed E-state index contributed by atoms with van der Waals surface area (Å²) in [5, 5.41) is 2.53. The van der Waals surface area contributed by atoms with Gasteiger partial charge in [0.1, 0.15) is 11.6 Å². The Morgan fingerprint density at radius 2 is 1.68 bits per heavy atom. The molecule has 7 heteroatoms. The molecule has 0 aliphatic heterocycles. The van der Waals surface area contributed by atoms with Gasteiger partial charge in [0.15, 0.2) is 11.6 Å². The van der Waals surface area contributed by atoms with Crippen LogP contribution in [0.5, 0.6) is 0 Å². The van der Waals surface area contributed by atoms with E-state index in [-0.39, 0.29) is 28.9 Å². The molecule has 0 bridgehead atoms. The molecule has 0 fully saturated rings. The van der Waals surface area contributed by atoms with Gasteiger partial charge in [0.05, 0.1) is 5.56 Å². The van der Waals surface area contributed by atoms with E-state index in [2.05, 4.69) is 11.9 Å². The van der Waals surface area contributed by atoms with Gasteiger partial charge < -0.3 is 5.32 Å². The van der Waals surface area contributed by atoms with Crippen LogP contribution < -0.4 is 5.32 Å². The van der Waals surface area contributed by atoms with E-state index < -0.39 is 34.8 Å². The number of allylic oxidation sites excluding steroid dienone is 4. The molecule has 146 valence electrons. The molecule has 28 heavy (non-hydrogen) atoms. The average molecular weight is 395 g/mol. The van der Waals surface area contributed by atoms with Crippen molar-refractivity contribution in [3.63, 3.8) is 0 Å². The molecule has 0 spiro atoms. The Morgan fingerprint density at radius 1 is 1.00 bits per heavy atom. The van der Waals surface area contributed by atoms with Gasteiger partial charge in [0.25, 0.3) is 5.92 Å². The highest BCUT2D eigenvalue weighted by Crippen LogP contribution is 2.36. The molecule has 0 saturated heterocycles. The van der Waals surface area contributed by atoms with Crippen molar-refractivity contribution in [3.05, 3.63) is 89.0 Å². The summed E-state index contributed by atoms with van der Waals surface area (Å²) in [4.78, 5) is 0. The normalized spacial score (nSPS) is 14.0. The maximum Gasteiger partial charge on any atom is 0.270 e. The van der Waals surface area contributed by atoms with Crippen LogP contribution in [0.25, 0.3) is 11.3 Å². The summed E-state index contributed by atoms with van der Waals surface area (Å²) >= 11 is 0. The summed E-state index contributed by atoms with van der Waals surface area (Å²) < 4.78 is 82.2. The molecule has 0 radical (unpaired) electrons. The number of hydrogen-bond donors (Lipinski definition) is 1. The van der Waals surface area contributed by atoms with Crippen LogP contribution in [0.4, 0.5) is 32.0 Å². The first-order valence-electron chi connectivity index (χ1n) is 8.26. The van der Waals surface area contributed by atoms with E-state index in [9.17, 15) is 26.3 Å². The summed E-state index contributed by atoms with van der Waals surface area (Å²) in [5.41, 5.74) is -0.536. The first-order valence-corrected chi connectivity index (χ1v) is 8.26. The molecule has 0 amide bonds. The number of anilines is 1. The van der Waals surface area contributed by atoms with Crippen molar-refractivity contribution in [2.45, 2.75) is 19.3 Å². The second kappa shape index (κ2) is 7.22. The summed E-state index contributed by atoms with van der Waals surface area (Å²) in [5.74, 6) is -7.41. The largest absolute Gasteiger partial charge is 0.355 e. The van der Waals surface area contributed by atoms with Gasteiger partial charge in [0, 0.05) is 29.4 Å². The van der Waals surface area contributed by atoms with Crippen molar-refractivity contribution in [1.29, 1.82) is 0 Å². The summed E-state index contributed by atoms with van der Waals surface area (Å²) in [6.45, 7) is 4.23. The lowest BCUT2D eigenvalue weighted by Gasteiger charge is -2.13. The highest BCUT2D eigenvalue weighted by molar-refractivity contribution is 5.78. The van der Waals surface area contributed by atoms with Gasteiger partial charge in [-0.1, -0.05) is 12.7 Å². The average Bonchev–Trinajstić information content (AvgIpc) is 3.09. The van der Waals surface area contributed by atoms with Crippen molar-refractivity contribution < 1.29 is 26.3 Å². The molecule has 1 aliphatic rings. The van der Waals surface area contributed by atoms with Crippen LogP contribution in [-0.4, -0.2) is 5.92 Å². The molecular formula is C21H15F6N. The standard InChI is InChI=1S/C21H15F6N/c1-11(19-16(22)7-8-17(23)20(19)25)28-14-5-6-15(18(24)10-14)12-3-4-13(9-12)21(2,26)27/h4-10,28H,1,3H2,2H3. The van der Waals surface area contributed by atoms with Gasteiger partial charge in [-0.25, -0.2) is 26.3 Å². The zero-order valence-electron chi connectivity index (χ0n) is 14.7. The minimum atomic E-state index is -3.02. The van der Waals surface area contributed by atoms with E-state index in [1.807, 2.05) is 0 Å². The first-order chi connectivity index (χ1) is 13.1. The maximum absolute atomic E-state index is 14.5. The minimum absolute atomic E-state index is 0.113. The molecule has 0 saturated carbocycles. The molecule has 0 aromatic heterocycles. The third kappa shape index (κ3) is 3.83. The zero-order valence-corrected chi connectivity index (χ0v) is 14.7. The van der Waals surface area contributed by atoms with E-state index >= 15 is 0 Å². The first kappa shape index (κ1) is 19.8. The summed E-state index contributed by atoms with van der Waals surface area (Å²) in [6, 6.07) is 5.21. The summed E-state index contributed by atoms with van der Waals surface area (Å²) in [7, 11) is 0. The fourth-order valence-corrected chi connectivity index (χ4v) is 2.91. The van der Waals surface area contributed by atoms with Crippen molar-refractivity contribution in [3.8, 4) is 0 Å². The van der Waals surface area contributed by atoms with Gasteiger partial charge >= 0.3 is 0 Å². The van der Waals surface area contributed by atoms with Gasteiger partial charge in [-0.15, -0.1) is 0 Å². The van der Waals surface area contributed by atoms with Crippen molar-refractivity contribution >= 4 is 17.0 Å². The number of nitrogens with one attached hydrogen (secondary N) is 1. The maximum atomic E-state index is 14.5. The van der Waals surface area contributed by atoms with E-state index in [1.54, 1.807) is 0 Å². The lowest BCUT2D eigenvalue weighted by Crippen LogP contribution is -2.10. The quantitative estimate of drug-likeness (QED) is 0.439. The molecule has 1 nitrogen and oxygen atoms in total. The number of hydrogen-bond acceptors (Lipinski definition) is 1. The molecule has 3 rings (SSSR count). The fourth-order valence-electron chi connectivity index (χ4n) is 2.91. The Balaban J connectivity index is 1.83. The van der Waals surface area contributed by atoms with Gasteiger partial charge in [-0.3, -0.25) is 0 Å². The fraction of sp³-hybridized carbons (Fsp3) is 0.143. The van der Waals surface area contributed by atoms with Crippen molar-refractivity contribution in [2.24, 2.45) is 0 Å². The van der Waals surface area contributed by atoms with Crippen LogP contribution in [-0.2, 0) is 0 Å². The van der Waals surface area contributed by atoms with Crippen LogP contribution in [0, 0.1) is 23.3 Å². The number of benzene rings is 2. The number of alkyl halides is 2. The molecular weight excluding hydrogens is 380 g/mol. The van der Waals surface area contributed by atoms with Gasteiger partial charge in [-0.2, -0.15) is 0 Å². The van der Waals surface area contributed by atoms with Crippen LogP contribution >= 0.6 is 0 Å². The third-order valence-corrected chi connectivity index (χ3v) is 4.33. The Labute approximate surface area is 157 Å². The molecule has 2 aromatic rings. The Morgan fingerprint density at radius 3 is 2.29 bits per heavy atom. The lowest BCUT2D eigenvalue weighted by molar-refractivity contribution is 0.0677. The number of halogens is 6. The van der Waals surface area contributed by atoms with E-state index in [0.717, 1.165) is 19.1 Å². The van der Waals surface area contributed by atoms with Crippen molar-refractivity contribution in [2.75, 3.05) is 5.32 Å². The topological polar surface area (TPSA) is 12.0 Å². The zero-order chi connectivity index (χ0) is 20.6. The molecule has 1 aliphatic carbocycles. The minimum Gasteiger partial charge on any atom is -0.355 e. The van der Waals surface area contributed by atoms with E-state index in [4.69, 9.17) is 0 Å². The Kier molecular flexibility index (Phi) is 5.10. The molecule has 0 atom stereocenters. The highest BCUT2D eigenvalue weighted by Gasteiger charge is 2.29. The van der Waals surface area contributed by atoms with Crippen LogP contribution in [0.15, 0.2) is 54.6 Å². The summed E-state index contributed by atoms with van der Waals surface area (Å²) in [6.07, 6.45) is 2.73. The van der Waals surface area contributed by atoms with Crippen LogP contribution in [0.3, 0.4) is 0 Å². The lowest BCUT2D eigenvalue weighted by atomic mass is 10.0. The van der Waals surface area contributed by atoms with E-state index in [0.29, 0.717) is 11.6 Å². The highest BCUT2D eigenvalue weighted by atomic mass is 19.3. The smallest absolute Gasteiger partial charge is 0.270 e. The van der Waals surface area contributed by atoms with Crippen LogP contribution in [0.1, 0.15) is 24.5 Å². The predicted molar refractivity (Wildman–Crippen MR) is 96.7 cm³/mol. The van der Waals surface area contributed by atoms with Crippen LogP contribution in [0.2, 0.25) is 0 Å². The Hall–Kier alpha value is -2.96. The number of rotatable bonds is 5. The third-order valence-electron chi connectivity index (χ3n) is 4.33.